The van der Waals surface area contributed by atoms with Gasteiger partial charge in [-0.15, -0.1) is 6.58 Å². The van der Waals surface area contributed by atoms with Crippen LogP contribution in [0.5, 0.6) is 0 Å². The molecule has 4 amide bonds. The van der Waals surface area contributed by atoms with E-state index in [-0.39, 0.29) is 36.2 Å². The maximum Gasteiger partial charge on any atom is 0.407 e. The van der Waals surface area contributed by atoms with Crippen LogP contribution in [0.25, 0.3) is 22.3 Å². The number of carbonyl (C=O) groups is 4. The summed E-state index contributed by atoms with van der Waals surface area (Å²) in [6, 6.07) is 10.2. The number of aromatic amines is 2. The lowest BCUT2D eigenvalue weighted by molar-refractivity contribution is -0.135. The lowest BCUT2D eigenvalue weighted by Gasteiger charge is -2.30. The summed E-state index contributed by atoms with van der Waals surface area (Å²) in [4.78, 5) is 71.5. The summed E-state index contributed by atoms with van der Waals surface area (Å²) in [6.45, 7) is 8.72. The first-order valence-electron chi connectivity index (χ1n) is 19.2. The first-order chi connectivity index (χ1) is 27.1. The van der Waals surface area contributed by atoms with E-state index in [1.807, 2.05) is 43.0 Å². The topological polar surface area (TPSA) is 175 Å². The van der Waals surface area contributed by atoms with Crippen LogP contribution in [0.15, 0.2) is 49.1 Å². The molecule has 0 spiro atoms. The molecular formula is C42H48N8O6. The molecule has 4 heterocycles. The standard InChI is InChI=1S/C42H48N8O6/c1-6-9-31(46-41(53)55-4)39(51)49-20-7-10-33(49)37-43-29-18-15-26(23-32(29)45-37)13-12-25-14-17-28-27(22-25)16-19-30-36(28)47-38(44-30)34-11-8-21-50(34)40(52)35(24(2)3)48-42(54)56-5/h6,14-15,17-18,22-24,31,33-35H,1,7-11,16,19-21H2,2-5H3,(H,43,45)(H,44,47)(H,46,53)(H,48,54). The second-order valence-electron chi connectivity index (χ2n) is 14.9. The van der Waals surface area contributed by atoms with Gasteiger partial charge < -0.3 is 39.9 Å². The van der Waals surface area contributed by atoms with Gasteiger partial charge in [0.1, 0.15) is 23.7 Å². The summed E-state index contributed by atoms with van der Waals surface area (Å²) in [5, 5.41) is 5.34. The van der Waals surface area contributed by atoms with E-state index in [2.05, 4.69) is 51.2 Å². The van der Waals surface area contributed by atoms with E-state index in [0.29, 0.717) is 18.9 Å². The number of aryl methyl sites for hydroxylation is 2. The van der Waals surface area contributed by atoms with Crippen molar-refractivity contribution in [1.82, 2.24) is 40.4 Å². The van der Waals surface area contributed by atoms with E-state index in [4.69, 9.17) is 19.4 Å². The highest BCUT2D eigenvalue weighted by Crippen LogP contribution is 2.38. The van der Waals surface area contributed by atoms with Gasteiger partial charge in [-0.2, -0.15) is 0 Å². The molecule has 2 aromatic carbocycles. The highest BCUT2D eigenvalue weighted by atomic mass is 16.5. The van der Waals surface area contributed by atoms with E-state index < -0.39 is 24.3 Å². The van der Waals surface area contributed by atoms with Gasteiger partial charge in [0.05, 0.1) is 43.0 Å². The van der Waals surface area contributed by atoms with Gasteiger partial charge in [0.25, 0.3) is 0 Å². The Kier molecular flexibility index (Phi) is 11.1. The molecular weight excluding hydrogens is 713 g/mol. The van der Waals surface area contributed by atoms with E-state index in [9.17, 15) is 19.2 Å². The van der Waals surface area contributed by atoms with Crippen molar-refractivity contribution in [3.05, 3.63) is 83.1 Å². The molecule has 2 fully saturated rings. The Balaban J connectivity index is 1.06. The van der Waals surface area contributed by atoms with Crippen LogP contribution in [0.4, 0.5) is 9.59 Å². The lowest BCUT2D eigenvalue weighted by atomic mass is 9.91. The molecule has 14 nitrogen and oxygen atoms in total. The van der Waals surface area contributed by atoms with Crippen LogP contribution < -0.4 is 10.6 Å². The molecule has 4 N–H and O–H groups in total. The second kappa shape index (κ2) is 16.3. The Morgan fingerprint density at radius 3 is 2.20 bits per heavy atom. The molecule has 4 aromatic rings. The largest absolute Gasteiger partial charge is 0.453 e. The van der Waals surface area contributed by atoms with Crippen molar-refractivity contribution in [1.29, 1.82) is 0 Å². The number of H-pyrrole nitrogens is 2. The predicted molar refractivity (Wildman–Crippen MR) is 209 cm³/mol. The maximum atomic E-state index is 13.7. The fourth-order valence-corrected chi connectivity index (χ4v) is 8.07. The van der Waals surface area contributed by atoms with E-state index in [0.717, 1.165) is 83.5 Å². The molecule has 56 heavy (non-hydrogen) atoms. The van der Waals surface area contributed by atoms with Crippen molar-refractivity contribution in [2.24, 2.45) is 5.92 Å². The number of aromatic nitrogens is 4. The first-order valence-corrected chi connectivity index (χ1v) is 19.2. The fourth-order valence-electron chi connectivity index (χ4n) is 8.07. The van der Waals surface area contributed by atoms with Gasteiger partial charge in [-0.05, 0) is 86.8 Å². The molecule has 4 atom stereocenters. The number of benzene rings is 2. The number of likely N-dealkylation sites (tertiary alicyclic amines) is 2. The lowest BCUT2D eigenvalue weighted by Crippen LogP contribution is -2.51. The number of fused-ring (bicyclic) bond motifs is 4. The normalized spacial score (nSPS) is 18.4. The fraction of sp³-hybridized carbons (Fsp3) is 0.429. The zero-order chi connectivity index (χ0) is 39.5. The van der Waals surface area contributed by atoms with Crippen molar-refractivity contribution in [2.75, 3.05) is 27.3 Å². The molecule has 0 saturated carbocycles. The van der Waals surface area contributed by atoms with Crippen molar-refractivity contribution < 1.29 is 28.7 Å². The number of amides is 4. The zero-order valence-corrected chi connectivity index (χ0v) is 32.2. The molecule has 7 rings (SSSR count). The summed E-state index contributed by atoms with van der Waals surface area (Å²) in [7, 11) is 2.56. The average molecular weight is 761 g/mol. The second-order valence-corrected chi connectivity index (χ2v) is 14.9. The van der Waals surface area contributed by atoms with Crippen molar-refractivity contribution in [3.8, 4) is 23.1 Å². The third-order valence-electron chi connectivity index (χ3n) is 10.9. The SMILES string of the molecule is C=CCC(NC(=O)OC)C(=O)N1CCCC1c1nc2ccc(C#Cc3ccc4c(c3)CCc3[nH]c(C5CCCN5C(=O)C(NC(=O)OC)C(C)C)nc3-4)cc2[nH]1. The molecule has 0 radical (unpaired) electrons. The van der Waals surface area contributed by atoms with Gasteiger partial charge in [-0.1, -0.05) is 37.8 Å². The van der Waals surface area contributed by atoms with Crippen molar-refractivity contribution in [3.63, 3.8) is 0 Å². The summed E-state index contributed by atoms with van der Waals surface area (Å²) in [6.07, 6.45) is 5.47. The molecule has 2 aliphatic heterocycles. The molecule has 14 heteroatoms. The van der Waals surface area contributed by atoms with E-state index in [1.165, 1.54) is 19.8 Å². The minimum absolute atomic E-state index is 0.106. The highest BCUT2D eigenvalue weighted by molar-refractivity contribution is 5.87. The molecule has 2 saturated heterocycles. The number of rotatable bonds is 9. The van der Waals surface area contributed by atoms with Crippen LogP contribution in [0.2, 0.25) is 0 Å². The maximum absolute atomic E-state index is 13.7. The van der Waals surface area contributed by atoms with Gasteiger partial charge in [-0.25, -0.2) is 19.6 Å². The Morgan fingerprint density at radius 1 is 0.875 bits per heavy atom. The van der Waals surface area contributed by atoms with E-state index >= 15 is 0 Å². The summed E-state index contributed by atoms with van der Waals surface area (Å²) in [5.41, 5.74) is 7.54. The molecule has 0 bridgehead atoms. The minimum atomic E-state index is -0.767. The van der Waals surface area contributed by atoms with Crippen molar-refractivity contribution in [2.45, 2.75) is 83.0 Å². The monoisotopic (exact) mass is 760 g/mol. The Morgan fingerprint density at radius 2 is 1.52 bits per heavy atom. The number of hydrogen-bond acceptors (Lipinski definition) is 8. The smallest absolute Gasteiger partial charge is 0.407 e. The molecule has 292 valence electrons. The van der Waals surface area contributed by atoms with Gasteiger partial charge in [-0.3, -0.25) is 9.59 Å². The van der Waals surface area contributed by atoms with Crippen LogP contribution in [0, 0.1) is 17.8 Å². The number of carbonyl (C=O) groups excluding carboxylic acids is 4. The quantitative estimate of drug-likeness (QED) is 0.129. The Hall–Kier alpha value is -6.10. The molecule has 4 unspecified atom stereocenters. The predicted octanol–water partition coefficient (Wildman–Crippen LogP) is 5.46. The minimum Gasteiger partial charge on any atom is -0.453 e. The Labute approximate surface area is 325 Å². The molecule has 1 aliphatic carbocycles. The van der Waals surface area contributed by atoms with E-state index in [1.54, 1.807) is 11.0 Å². The zero-order valence-electron chi connectivity index (χ0n) is 32.2. The average Bonchev–Trinajstić information content (AvgIpc) is 4.03. The molecule has 3 aliphatic rings. The van der Waals surface area contributed by atoms with Gasteiger partial charge >= 0.3 is 12.2 Å². The summed E-state index contributed by atoms with van der Waals surface area (Å²) in [5.74, 6) is 7.68. The first kappa shape index (κ1) is 38.2. The number of methoxy groups -OCH3 is 2. The third kappa shape index (κ3) is 7.71. The highest BCUT2D eigenvalue weighted by Gasteiger charge is 2.39. The number of nitrogens with zero attached hydrogens (tertiary/aromatic N) is 4. The number of ether oxygens (including phenoxy) is 2. The number of nitrogens with one attached hydrogen (secondary N) is 4. The van der Waals surface area contributed by atoms with Crippen LogP contribution in [-0.2, 0) is 31.9 Å². The van der Waals surface area contributed by atoms with Crippen LogP contribution >= 0.6 is 0 Å². The molecule has 2 aromatic heterocycles. The van der Waals surface area contributed by atoms with Crippen LogP contribution in [0.1, 0.15) is 92.1 Å². The van der Waals surface area contributed by atoms with Gasteiger partial charge in [0.2, 0.25) is 11.8 Å². The number of alkyl carbamates (subject to hydrolysis) is 2. The third-order valence-corrected chi connectivity index (χ3v) is 10.9. The van der Waals surface area contributed by atoms with Crippen molar-refractivity contribution >= 4 is 35.0 Å². The van der Waals surface area contributed by atoms with Gasteiger partial charge in [0.15, 0.2) is 0 Å². The Bertz CT molecular complexity index is 2230. The summed E-state index contributed by atoms with van der Waals surface area (Å²) >= 11 is 0. The van der Waals surface area contributed by atoms with Gasteiger partial charge in [0, 0.05) is 35.5 Å². The van der Waals surface area contributed by atoms with Crippen LogP contribution in [0.3, 0.4) is 0 Å². The number of imidazole rings is 2. The number of hydrogen-bond donors (Lipinski definition) is 4. The van der Waals surface area contributed by atoms with Crippen LogP contribution in [-0.4, -0.2) is 93.1 Å². The summed E-state index contributed by atoms with van der Waals surface area (Å²) < 4.78 is 9.50.